The van der Waals surface area contributed by atoms with Crippen molar-refractivity contribution < 1.29 is 14.7 Å². The summed E-state index contributed by atoms with van der Waals surface area (Å²) in [5.74, 6) is -0.191. The van der Waals surface area contributed by atoms with Crippen LogP contribution in [-0.2, 0) is 9.59 Å². The molecule has 2 amide bonds. The van der Waals surface area contributed by atoms with E-state index in [1.165, 1.54) is 12.8 Å². The molecular formula is C18H26N2O3. The van der Waals surface area contributed by atoms with E-state index in [9.17, 15) is 14.7 Å². The molecule has 0 saturated heterocycles. The van der Waals surface area contributed by atoms with E-state index in [0.717, 1.165) is 18.4 Å². The summed E-state index contributed by atoms with van der Waals surface area (Å²) in [5, 5.41) is 15.7. The Hall–Kier alpha value is -1.88. The van der Waals surface area contributed by atoms with Gasteiger partial charge in [0, 0.05) is 25.4 Å². The van der Waals surface area contributed by atoms with Crippen molar-refractivity contribution in [3.63, 3.8) is 0 Å². The molecule has 1 atom stereocenters. The summed E-state index contributed by atoms with van der Waals surface area (Å²) in [7, 11) is 0. The van der Waals surface area contributed by atoms with Gasteiger partial charge in [0.1, 0.15) is 0 Å². The molecule has 5 heteroatoms. The Kier molecular flexibility index (Phi) is 7.07. The number of hydrogen-bond donors (Lipinski definition) is 3. The highest BCUT2D eigenvalue weighted by Gasteiger charge is 2.17. The smallest absolute Gasteiger partial charge is 0.220 e. The van der Waals surface area contributed by atoms with Crippen LogP contribution in [0, 0.1) is 0 Å². The molecule has 0 aromatic heterocycles. The van der Waals surface area contributed by atoms with Crippen LogP contribution < -0.4 is 10.6 Å². The van der Waals surface area contributed by atoms with Crippen LogP contribution in [0.15, 0.2) is 30.3 Å². The summed E-state index contributed by atoms with van der Waals surface area (Å²) in [6.45, 7) is 0.402. The van der Waals surface area contributed by atoms with Gasteiger partial charge in [-0.25, -0.2) is 0 Å². The fraction of sp³-hybridized carbons (Fsp3) is 0.556. The van der Waals surface area contributed by atoms with Crippen LogP contribution in [0.4, 0.5) is 0 Å². The molecule has 0 spiro atoms. The predicted molar refractivity (Wildman–Crippen MR) is 88.7 cm³/mol. The molecule has 5 nitrogen and oxygen atoms in total. The van der Waals surface area contributed by atoms with E-state index < -0.39 is 6.10 Å². The number of rotatable bonds is 8. The van der Waals surface area contributed by atoms with Crippen LogP contribution in [0.1, 0.15) is 56.6 Å². The first-order chi connectivity index (χ1) is 11.1. The average Bonchev–Trinajstić information content (AvgIpc) is 3.06. The number of aliphatic hydroxyl groups excluding tert-OH is 1. The summed E-state index contributed by atoms with van der Waals surface area (Å²) in [6, 6.07) is 9.67. The summed E-state index contributed by atoms with van der Waals surface area (Å²) < 4.78 is 0. The third-order valence-electron chi connectivity index (χ3n) is 4.22. The van der Waals surface area contributed by atoms with Crippen LogP contribution >= 0.6 is 0 Å². The molecule has 1 aromatic rings. The first kappa shape index (κ1) is 17.5. The lowest BCUT2D eigenvalue weighted by molar-refractivity contribution is -0.126. The lowest BCUT2D eigenvalue weighted by Gasteiger charge is -2.13. The molecule has 0 heterocycles. The predicted octanol–water partition coefficient (Wildman–Crippen LogP) is 2.07. The second-order valence-electron chi connectivity index (χ2n) is 6.11. The minimum absolute atomic E-state index is 0.0450. The fourth-order valence-corrected chi connectivity index (χ4v) is 2.88. The SMILES string of the molecule is O=C(CCC(=O)NC1CCCC1)NCCC(O)c1ccccc1. The third-order valence-corrected chi connectivity index (χ3v) is 4.22. The Bertz CT molecular complexity index is 498. The van der Waals surface area contributed by atoms with Gasteiger partial charge in [0.15, 0.2) is 0 Å². The van der Waals surface area contributed by atoms with Crippen LogP contribution in [-0.4, -0.2) is 29.5 Å². The molecule has 1 saturated carbocycles. The fourth-order valence-electron chi connectivity index (χ4n) is 2.88. The van der Waals surface area contributed by atoms with Gasteiger partial charge in [-0.2, -0.15) is 0 Å². The topological polar surface area (TPSA) is 78.4 Å². The molecule has 2 rings (SSSR count). The number of hydrogen-bond acceptors (Lipinski definition) is 3. The number of amides is 2. The maximum absolute atomic E-state index is 11.7. The summed E-state index contributed by atoms with van der Waals surface area (Å²) >= 11 is 0. The maximum Gasteiger partial charge on any atom is 0.220 e. The van der Waals surface area contributed by atoms with E-state index in [-0.39, 0.29) is 24.7 Å². The minimum atomic E-state index is -0.581. The average molecular weight is 318 g/mol. The van der Waals surface area contributed by atoms with Gasteiger partial charge < -0.3 is 15.7 Å². The minimum Gasteiger partial charge on any atom is -0.388 e. The van der Waals surface area contributed by atoms with Crippen LogP contribution in [0.5, 0.6) is 0 Å². The Labute approximate surface area is 137 Å². The zero-order valence-corrected chi connectivity index (χ0v) is 13.5. The Morgan fingerprint density at radius 1 is 1.09 bits per heavy atom. The Balaban J connectivity index is 1.57. The summed E-state index contributed by atoms with van der Waals surface area (Å²) in [5.41, 5.74) is 0.845. The van der Waals surface area contributed by atoms with Crippen molar-refractivity contribution in [1.82, 2.24) is 10.6 Å². The van der Waals surface area contributed by atoms with Crippen molar-refractivity contribution in [3.8, 4) is 0 Å². The van der Waals surface area contributed by atoms with E-state index in [0.29, 0.717) is 19.0 Å². The van der Waals surface area contributed by atoms with Gasteiger partial charge in [-0.05, 0) is 24.8 Å². The van der Waals surface area contributed by atoms with Gasteiger partial charge in [0.25, 0.3) is 0 Å². The second kappa shape index (κ2) is 9.30. The van der Waals surface area contributed by atoms with Crippen LogP contribution in [0.25, 0.3) is 0 Å². The molecule has 1 aliphatic rings. The molecule has 1 fully saturated rings. The number of carbonyl (C=O) groups is 2. The van der Waals surface area contributed by atoms with Crippen molar-refractivity contribution in [1.29, 1.82) is 0 Å². The van der Waals surface area contributed by atoms with Crippen LogP contribution in [0.2, 0.25) is 0 Å². The molecule has 0 aliphatic heterocycles. The van der Waals surface area contributed by atoms with Crippen molar-refractivity contribution in [2.45, 2.75) is 57.1 Å². The molecule has 0 radical (unpaired) electrons. The van der Waals surface area contributed by atoms with Crippen molar-refractivity contribution in [2.24, 2.45) is 0 Å². The lowest BCUT2D eigenvalue weighted by Crippen LogP contribution is -2.34. The number of benzene rings is 1. The zero-order chi connectivity index (χ0) is 16.5. The van der Waals surface area contributed by atoms with Gasteiger partial charge in [-0.15, -0.1) is 0 Å². The molecule has 1 aromatic carbocycles. The molecule has 126 valence electrons. The Morgan fingerprint density at radius 2 is 1.74 bits per heavy atom. The second-order valence-corrected chi connectivity index (χ2v) is 6.11. The van der Waals surface area contributed by atoms with E-state index in [4.69, 9.17) is 0 Å². The molecular weight excluding hydrogens is 292 g/mol. The first-order valence-electron chi connectivity index (χ1n) is 8.44. The van der Waals surface area contributed by atoms with Crippen molar-refractivity contribution in [2.75, 3.05) is 6.54 Å². The van der Waals surface area contributed by atoms with Crippen molar-refractivity contribution in [3.05, 3.63) is 35.9 Å². The van der Waals surface area contributed by atoms with Gasteiger partial charge in [0.05, 0.1) is 6.10 Å². The summed E-state index contributed by atoms with van der Waals surface area (Å²) in [4.78, 5) is 23.5. The molecule has 1 aliphatic carbocycles. The van der Waals surface area contributed by atoms with Gasteiger partial charge in [-0.1, -0.05) is 43.2 Å². The first-order valence-corrected chi connectivity index (χ1v) is 8.44. The molecule has 3 N–H and O–H groups in total. The van der Waals surface area contributed by atoms with E-state index in [2.05, 4.69) is 10.6 Å². The largest absolute Gasteiger partial charge is 0.388 e. The highest BCUT2D eigenvalue weighted by molar-refractivity contribution is 5.83. The van der Waals surface area contributed by atoms with E-state index in [1.54, 1.807) is 0 Å². The van der Waals surface area contributed by atoms with E-state index >= 15 is 0 Å². The number of aliphatic hydroxyl groups is 1. The highest BCUT2D eigenvalue weighted by atomic mass is 16.3. The quantitative estimate of drug-likeness (QED) is 0.686. The standard InChI is InChI=1S/C18H26N2O3/c21-16(14-6-2-1-3-7-14)12-13-19-17(22)10-11-18(23)20-15-8-4-5-9-15/h1-3,6-7,15-16,21H,4-5,8-13H2,(H,19,22)(H,20,23). The molecule has 1 unspecified atom stereocenters. The molecule has 0 bridgehead atoms. The van der Waals surface area contributed by atoms with Crippen molar-refractivity contribution >= 4 is 11.8 Å². The molecule has 23 heavy (non-hydrogen) atoms. The number of nitrogens with one attached hydrogen (secondary N) is 2. The third kappa shape index (κ3) is 6.40. The number of carbonyl (C=O) groups excluding carboxylic acids is 2. The van der Waals surface area contributed by atoms with Gasteiger partial charge in [-0.3, -0.25) is 9.59 Å². The zero-order valence-electron chi connectivity index (χ0n) is 13.5. The normalized spacial score (nSPS) is 16.0. The summed E-state index contributed by atoms with van der Waals surface area (Å²) in [6.07, 6.45) is 4.75. The maximum atomic E-state index is 11.7. The van der Waals surface area contributed by atoms with Gasteiger partial charge in [0.2, 0.25) is 11.8 Å². The monoisotopic (exact) mass is 318 g/mol. The van der Waals surface area contributed by atoms with Gasteiger partial charge >= 0.3 is 0 Å². The van der Waals surface area contributed by atoms with Crippen LogP contribution in [0.3, 0.4) is 0 Å². The lowest BCUT2D eigenvalue weighted by atomic mass is 10.1. The van der Waals surface area contributed by atoms with E-state index in [1.807, 2.05) is 30.3 Å². The Morgan fingerprint density at radius 3 is 2.43 bits per heavy atom. The highest BCUT2D eigenvalue weighted by Crippen LogP contribution is 2.17.